The first-order chi connectivity index (χ1) is 19.1. The van der Waals surface area contributed by atoms with E-state index in [4.69, 9.17) is 14.5 Å². The molecular weight excluding hydrogens is 521 g/mol. The van der Waals surface area contributed by atoms with Crippen LogP contribution in [0.15, 0.2) is 16.9 Å². The van der Waals surface area contributed by atoms with Crippen LogP contribution in [0, 0.1) is 18.7 Å². The molecule has 0 unspecified atom stereocenters. The Hall–Kier alpha value is -3.83. The number of aliphatic hydroxyl groups excluding tert-OH is 1. The lowest BCUT2D eigenvalue weighted by Crippen LogP contribution is -2.44. The Morgan fingerprint density at radius 1 is 1.25 bits per heavy atom. The van der Waals surface area contributed by atoms with Crippen molar-refractivity contribution in [3.05, 3.63) is 56.1 Å². The van der Waals surface area contributed by atoms with Gasteiger partial charge in [-0.2, -0.15) is 0 Å². The Morgan fingerprint density at radius 3 is 2.75 bits per heavy atom. The van der Waals surface area contributed by atoms with Crippen molar-refractivity contribution < 1.29 is 33.7 Å². The summed E-state index contributed by atoms with van der Waals surface area (Å²) < 4.78 is 27.7. The molecule has 0 bridgehead atoms. The van der Waals surface area contributed by atoms with E-state index in [2.05, 4.69) is 5.32 Å². The highest BCUT2D eigenvalue weighted by molar-refractivity contribution is 5.95. The quantitative estimate of drug-likeness (QED) is 0.330. The number of pyridine rings is 2. The number of benzene rings is 1. The molecule has 3 N–H and O–H groups in total. The van der Waals surface area contributed by atoms with Crippen LogP contribution >= 0.6 is 0 Å². The molecule has 0 saturated heterocycles. The lowest BCUT2D eigenvalue weighted by Gasteiger charge is -2.31. The number of esters is 1. The largest absolute Gasteiger partial charge is 0.492 e. The van der Waals surface area contributed by atoms with Gasteiger partial charge in [-0.15, -0.1) is 0 Å². The van der Waals surface area contributed by atoms with Crippen LogP contribution in [0.25, 0.3) is 22.3 Å². The van der Waals surface area contributed by atoms with Gasteiger partial charge in [0.15, 0.2) is 5.60 Å². The molecule has 1 aromatic carbocycles. The summed E-state index contributed by atoms with van der Waals surface area (Å²) in [6.45, 7) is 3.30. The van der Waals surface area contributed by atoms with Crippen LogP contribution in [0.5, 0.6) is 5.75 Å². The Balaban J connectivity index is 1.47. The lowest BCUT2D eigenvalue weighted by molar-refractivity contribution is -0.172. The predicted octanol–water partition coefficient (Wildman–Crippen LogP) is 2.24. The van der Waals surface area contributed by atoms with E-state index in [-0.39, 0.29) is 43.2 Å². The standard InChI is InChI=1S/C29H28FN3O7/c1-3-29(38)16-8-20-23-14(10-33(20)27(36)15(16)11-40-28(29)37)21-18(32-26(35)24(34)13-4-5-13)6-7-39-25-12(2)17(30)9-19(31-23)22(21)25/h8-9,13,18,24,34,38H,3-7,10-11H2,1-2H3,(H,32,35)/t18-,24-,29-/m0/s1. The van der Waals surface area contributed by atoms with Crippen LogP contribution in [0.3, 0.4) is 0 Å². The summed E-state index contributed by atoms with van der Waals surface area (Å²) in [7, 11) is 0. The second kappa shape index (κ2) is 8.58. The monoisotopic (exact) mass is 549 g/mol. The molecule has 1 saturated carbocycles. The third-order valence-electron chi connectivity index (χ3n) is 8.81. The fourth-order valence-corrected chi connectivity index (χ4v) is 6.33. The molecule has 1 amide bonds. The molecule has 7 rings (SSSR count). The Labute approximate surface area is 227 Å². The van der Waals surface area contributed by atoms with E-state index >= 15 is 4.39 Å². The molecule has 4 aliphatic rings. The smallest absolute Gasteiger partial charge is 0.343 e. The summed E-state index contributed by atoms with van der Waals surface area (Å²) in [5.74, 6) is -1.54. The van der Waals surface area contributed by atoms with E-state index in [9.17, 15) is 24.6 Å². The van der Waals surface area contributed by atoms with Gasteiger partial charge < -0.3 is 29.6 Å². The van der Waals surface area contributed by atoms with Gasteiger partial charge in [0, 0.05) is 34.6 Å². The van der Waals surface area contributed by atoms with Crippen LogP contribution < -0.4 is 15.6 Å². The zero-order valence-corrected chi connectivity index (χ0v) is 22.0. The minimum atomic E-state index is -1.98. The molecule has 3 aliphatic heterocycles. The van der Waals surface area contributed by atoms with Crippen molar-refractivity contribution in [2.24, 2.45) is 5.92 Å². The van der Waals surface area contributed by atoms with Crippen molar-refractivity contribution >= 4 is 22.8 Å². The number of carbonyl (C=O) groups excluding carboxylic acids is 2. The van der Waals surface area contributed by atoms with Crippen molar-refractivity contribution in [3.63, 3.8) is 0 Å². The number of aromatic nitrogens is 2. The predicted molar refractivity (Wildman–Crippen MR) is 139 cm³/mol. The number of aliphatic hydroxyl groups is 2. The summed E-state index contributed by atoms with van der Waals surface area (Å²) in [4.78, 5) is 44.1. The first-order valence-electron chi connectivity index (χ1n) is 13.6. The Bertz CT molecular complexity index is 1710. The Morgan fingerprint density at radius 2 is 2.02 bits per heavy atom. The normalized spacial score (nSPS) is 23.4. The van der Waals surface area contributed by atoms with Gasteiger partial charge in [0.25, 0.3) is 5.56 Å². The van der Waals surface area contributed by atoms with Gasteiger partial charge in [0.2, 0.25) is 5.91 Å². The van der Waals surface area contributed by atoms with E-state index < -0.39 is 41.0 Å². The maximum absolute atomic E-state index is 15.1. The van der Waals surface area contributed by atoms with E-state index in [0.29, 0.717) is 51.2 Å². The van der Waals surface area contributed by atoms with Crippen LogP contribution in [0.1, 0.15) is 66.5 Å². The van der Waals surface area contributed by atoms with Gasteiger partial charge in [-0.3, -0.25) is 9.59 Å². The van der Waals surface area contributed by atoms with Gasteiger partial charge in [-0.25, -0.2) is 14.2 Å². The summed E-state index contributed by atoms with van der Waals surface area (Å²) in [5.41, 5.74) is 0.679. The SMILES string of the molecule is CC[C@@]1(O)C(=O)OCc2c1cc1n(c2=O)Cc2c-1nc1cc(F)c(C)c3c1c2[C@@H](NC(=O)[C@@H](O)C1CC1)CCO3. The summed E-state index contributed by atoms with van der Waals surface area (Å²) in [6, 6.07) is 2.31. The molecule has 10 nitrogen and oxygen atoms in total. The van der Waals surface area contributed by atoms with Crippen LogP contribution in [0.2, 0.25) is 0 Å². The lowest BCUT2D eigenvalue weighted by atomic mass is 9.86. The molecule has 1 fully saturated rings. The molecule has 0 radical (unpaired) electrons. The zero-order chi connectivity index (χ0) is 28.1. The zero-order valence-electron chi connectivity index (χ0n) is 22.0. The van der Waals surface area contributed by atoms with Gasteiger partial charge in [0.05, 0.1) is 41.7 Å². The fraction of sp³-hybridized carbons (Fsp3) is 0.448. The number of amides is 1. The minimum Gasteiger partial charge on any atom is -0.492 e. The van der Waals surface area contributed by atoms with Crippen LogP contribution in [0.4, 0.5) is 4.39 Å². The number of hydrogen-bond donors (Lipinski definition) is 3. The molecule has 0 spiro atoms. The van der Waals surface area contributed by atoms with Crippen molar-refractivity contribution in [1.82, 2.24) is 14.9 Å². The van der Waals surface area contributed by atoms with Gasteiger partial charge >= 0.3 is 5.97 Å². The highest BCUT2D eigenvalue weighted by Crippen LogP contribution is 2.46. The van der Waals surface area contributed by atoms with E-state index in [0.717, 1.165) is 12.8 Å². The van der Waals surface area contributed by atoms with E-state index in [1.807, 2.05) is 0 Å². The first-order valence-corrected chi connectivity index (χ1v) is 13.6. The van der Waals surface area contributed by atoms with Crippen molar-refractivity contribution in [3.8, 4) is 17.1 Å². The molecule has 11 heteroatoms. The highest BCUT2D eigenvalue weighted by Gasteiger charge is 2.46. The summed E-state index contributed by atoms with van der Waals surface area (Å²) in [5, 5.41) is 25.2. The third-order valence-corrected chi connectivity index (χ3v) is 8.81. The number of nitrogens with one attached hydrogen (secondary N) is 1. The third kappa shape index (κ3) is 3.40. The molecular formula is C29H28FN3O7. The topological polar surface area (TPSA) is 140 Å². The molecule has 3 aromatic rings. The van der Waals surface area contributed by atoms with Gasteiger partial charge in [-0.1, -0.05) is 6.92 Å². The number of hydrogen-bond acceptors (Lipinski definition) is 8. The molecule has 2 aromatic heterocycles. The van der Waals surface area contributed by atoms with Crippen LogP contribution in [-0.4, -0.2) is 44.4 Å². The van der Waals surface area contributed by atoms with E-state index in [1.54, 1.807) is 19.9 Å². The van der Waals surface area contributed by atoms with Crippen LogP contribution in [-0.2, 0) is 33.1 Å². The maximum atomic E-state index is 15.1. The number of carbonyl (C=O) groups is 2. The average Bonchev–Trinajstić information content (AvgIpc) is 3.74. The number of cyclic esters (lactones) is 1. The summed E-state index contributed by atoms with van der Waals surface area (Å²) >= 11 is 0. The second-order valence-electron chi connectivity index (χ2n) is 11.1. The average molecular weight is 550 g/mol. The van der Waals surface area contributed by atoms with E-state index in [1.165, 1.54) is 10.6 Å². The minimum absolute atomic E-state index is 0.00754. The number of ether oxygens (including phenoxy) is 2. The first kappa shape index (κ1) is 25.2. The number of nitrogens with zero attached hydrogens (tertiary/aromatic N) is 2. The number of halogens is 1. The molecule has 40 heavy (non-hydrogen) atoms. The van der Waals surface area contributed by atoms with Crippen molar-refractivity contribution in [1.29, 1.82) is 0 Å². The molecule has 3 atom stereocenters. The molecule has 208 valence electrons. The van der Waals surface area contributed by atoms with Gasteiger partial charge in [0.1, 0.15) is 24.3 Å². The molecule has 1 aliphatic carbocycles. The Kier molecular flexibility index (Phi) is 5.40. The van der Waals surface area contributed by atoms with Gasteiger partial charge in [-0.05, 0) is 43.7 Å². The summed E-state index contributed by atoms with van der Waals surface area (Å²) in [6.07, 6.45) is 0.813. The highest BCUT2D eigenvalue weighted by atomic mass is 19.1. The second-order valence-corrected chi connectivity index (χ2v) is 11.1. The fourth-order valence-electron chi connectivity index (χ4n) is 6.33. The molecule has 5 heterocycles. The van der Waals surface area contributed by atoms with Crippen molar-refractivity contribution in [2.75, 3.05) is 6.61 Å². The number of fused-ring (bicyclic) bond motifs is 5. The van der Waals surface area contributed by atoms with Crippen molar-refractivity contribution in [2.45, 2.75) is 70.4 Å². The number of rotatable bonds is 4. The maximum Gasteiger partial charge on any atom is 0.343 e.